The van der Waals surface area contributed by atoms with Crippen molar-refractivity contribution >= 4 is 0 Å². The smallest absolute Gasteiger partial charge is 0.119 e. The second-order valence-electron chi connectivity index (χ2n) is 6.81. The molecule has 0 atom stereocenters. The Morgan fingerprint density at radius 2 is 1.55 bits per heavy atom. The van der Waals surface area contributed by atoms with E-state index >= 15 is 0 Å². The maximum atomic E-state index is 5.80. The molecular weight excluding hydrogens is 272 g/mol. The highest BCUT2D eigenvalue weighted by atomic mass is 16.5. The fraction of sp³-hybridized carbons (Fsp3) is 0.684. The molecule has 3 heteroatoms. The van der Waals surface area contributed by atoms with Crippen LogP contribution in [0.25, 0.3) is 0 Å². The fourth-order valence-corrected chi connectivity index (χ4v) is 3.74. The van der Waals surface area contributed by atoms with E-state index in [4.69, 9.17) is 4.74 Å². The molecule has 2 aliphatic rings. The third-order valence-electron chi connectivity index (χ3n) is 5.13. The lowest BCUT2D eigenvalue weighted by Crippen LogP contribution is -2.48. The molecule has 122 valence electrons. The lowest BCUT2D eigenvalue weighted by molar-refractivity contribution is 0.0988. The van der Waals surface area contributed by atoms with Crippen molar-refractivity contribution in [3.63, 3.8) is 0 Å². The van der Waals surface area contributed by atoms with Gasteiger partial charge in [-0.05, 0) is 30.9 Å². The minimum absolute atomic E-state index is 0.798. The number of hydrogen-bond acceptors (Lipinski definition) is 3. The van der Waals surface area contributed by atoms with E-state index in [9.17, 15) is 0 Å². The summed E-state index contributed by atoms with van der Waals surface area (Å²) < 4.78 is 5.80. The first-order valence-corrected chi connectivity index (χ1v) is 9.03. The number of para-hydroxylation sites is 1. The van der Waals surface area contributed by atoms with Crippen LogP contribution in [0.15, 0.2) is 30.3 Å². The summed E-state index contributed by atoms with van der Waals surface area (Å²) in [6, 6.07) is 10.1. The van der Waals surface area contributed by atoms with Crippen LogP contribution in [0.1, 0.15) is 32.1 Å². The highest BCUT2D eigenvalue weighted by Crippen LogP contribution is 2.24. The zero-order valence-electron chi connectivity index (χ0n) is 13.8. The second-order valence-corrected chi connectivity index (χ2v) is 6.81. The highest BCUT2D eigenvalue weighted by Gasteiger charge is 2.21. The summed E-state index contributed by atoms with van der Waals surface area (Å²) in [6.07, 6.45) is 7.31. The first-order valence-electron chi connectivity index (χ1n) is 9.03. The normalized spacial score (nSPS) is 21.8. The second kappa shape index (κ2) is 8.54. The van der Waals surface area contributed by atoms with Gasteiger partial charge in [-0.3, -0.25) is 4.90 Å². The van der Waals surface area contributed by atoms with Gasteiger partial charge in [-0.25, -0.2) is 0 Å². The van der Waals surface area contributed by atoms with Crippen LogP contribution in [0, 0.1) is 5.92 Å². The van der Waals surface area contributed by atoms with Crippen LogP contribution in [0.2, 0.25) is 0 Å². The standard InChI is InChI=1S/C19H30N2O/c1-3-7-18(8-4-1)17-21-13-11-20(12-14-21)15-16-22-19-9-5-2-6-10-19/h2,5-6,9-10,18H,1,3-4,7-8,11-17H2. The predicted octanol–water partition coefficient (Wildman–Crippen LogP) is 3.26. The molecule has 1 saturated carbocycles. The average Bonchev–Trinajstić information content (AvgIpc) is 2.58. The van der Waals surface area contributed by atoms with E-state index in [1.165, 1.54) is 64.8 Å². The highest BCUT2D eigenvalue weighted by molar-refractivity contribution is 5.20. The largest absolute Gasteiger partial charge is 0.492 e. The molecular formula is C19H30N2O. The van der Waals surface area contributed by atoms with Gasteiger partial charge in [-0.2, -0.15) is 0 Å². The molecule has 0 unspecified atom stereocenters. The van der Waals surface area contributed by atoms with Crippen molar-refractivity contribution in [1.82, 2.24) is 9.80 Å². The van der Waals surface area contributed by atoms with Gasteiger partial charge in [-0.15, -0.1) is 0 Å². The number of ether oxygens (including phenoxy) is 1. The average molecular weight is 302 g/mol. The van der Waals surface area contributed by atoms with E-state index in [2.05, 4.69) is 9.80 Å². The van der Waals surface area contributed by atoms with Gasteiger partial charge in [0.05, 0.1) is 0 Å². The van der Waals surface area contributed by atoms with Crippen LogP contribution in [0.5, 0.6) is 5.75 Å². The van der Waals surface area contributed by atoms with E-state index in [0.717, 1.165) is 24.8 Å². The topological polar surface area (TPSA) is 15.7 Å². The molecule has 3 nitrogen and oxygen atoms in total. The molecule has 1 aliphatic heterocycles. The molecule has 1 saturated heterocycles. The van der Waals surface area contributed by atoms with Crippen molar-refractivity contribution < 1.29 is 4.74 Å². The number of hydrogen-bond donors (Lipinski definition) is 0. The summed E-state index contributed by atoms with van der Waals surface area (Å²) in [7, 11) is 0. The Balaban J connectivity index is 1.30. The Bertz CT molecular complexity index is 409. The van der Waals surface area contributed by atoms with Crippen molar-refractivity contribution in [2.24, 2.45) is 5.92 Å². The minimum atomic E-state index is 0.798. The van der Waals surface area contributed by atoms with Gasteiger partial charge in [0, 0.05) is 39.3 Å². The molecule has 0 N–H and O–H groups in total. The van der Waals surface area contributed by atoms with Gasteiger partial charge in [0.1, 0.15) is 12.4 Å². The quantitative estimate of drug-likeness (QED) is 0.802. The molecule has 0 bridgehead atoms. The molecule has 1 heterocycles. The van der Waals surface area contributed by atoms with Crippen LogP contribution in [-0.4, -0.2) is 55.7 Å². The summed E-state index contributed by atoms with van der Waals surface area (Å²) >= 11 is 0. The van der Waals surface area contributed by atoms with Crippen LogP contribution < -0.4 is 4.74 Å². The third kappa shape index (κ3) is 4.99. The number of rotatable bonds is 6. The van der Waals surface area contributed by atoms with Crippen molar-refractivity contribution in [3.05, 3.63) is 30.3 Å². The molecule has 0 amide bonds. The fourth-order valence-electron chi connectivity index (χ4n) is 3.74. The monoisotopic (exact) mass is 302 g/mol. The summed E-state index contributed by atoms with van der Waals surface area (Å²) in [5.41, 5.74) is 0. The van der Waals surface area contributed by atoms with Crippen molar-refractivity contribution in [2.45, 2.75) is 32.1 Å². The molecule has 2 fully saturated rings. The molecule has 1 aromatic rings. The first kappa shape index (κ1) is 15.8. The van der Waals surface area contributed by atoms with Gasteiger partial charge >= 0.3 is 0 Å². The summed E-state index contributed by atoms with van der Waals surface area (Å²) in [5, 5.41) is 0. The Labute approximate surface area is 135 Å². The van der Waals surface area contributed by atoms with Gasteiger partial charge < -0.3 is 9.64 Å². The minimum Gasteiger partial charge on any atom is -0.492 e. The predicted molar refractivity (Wildman–Crippen MR) is 91.4 cm³/mol. The summed E-state index contributed by atoms with van der Waals surface area (Å²) in [6.45, 7) is 8.06. The van der Waals surface area contributed by atoms with E-state index < -0.39 is 0 Å². The summed E-state index contributed by atoms with van der Waals surface area (Å²) in [4.78, 5) is 5.23. The van der Waals surface area contributed by atoms with Crippen LogP contribution in [-0.2, 0) is 0 Å². The maximum absolute atomic E-state index is 5.80. The summed E-state index contributed by atoms with van der Waals surface area (Å²) in [5.74, 6) is 1.96. The Morgan fingerprint density at radius 3 is 2.27 bits per heavy atom. The number of nitrogens with zero attached hydrogens (tertiary/aromatic N) is 2. The Hall–Kier alpha value is -1.06. The maximum Gasteiger partial charge on any atom is 0.119 e. The lowest BCUT2D eigenvalue weighted by atomic mass is 9.89. The molecule has 0 spiro atoms. The number of benzene rings is 1. The van der Waals surface area contributed by atoms with Crippen molar-refractivity contribution in [1.29, 1.82) is 0 Å². The molecule has 1 aromatic carbocycles. The van der Waals surface area contributed by atoms with E-state index in [0.29, 0.717) is 0 Å². The lowest BCUT2D eigenvalue weighted by Gasteiger charge is -2.37. The number of piperazine rings is 1. The molecule has 1 aliphatic carbocycles. The van der Waals surface area contributed by atoms with Gasteiger partial charge in [0.15, 0.2) is 0 Å². The van der Waals surface area contributed by atoms with Crippen molar-refractivity contribution in [2.75, 3.05) is 45.9 Å². The van der Waals surface area contributed by atoms with E-state index in [-0.39, 0.29) is 0 Å². The molecule has 0 aromatic heterocycles. The van der Waals surface area contributed by atoms with Crippen molar-refractivity contribution in [3.8, 4) is 5.75 Å². The van der Waals surface area contributed by atoms with Crippen LogP contribution in [0.4, 0.5) is 0 Å². The first-order chi connectivity index (χ1) is 10.9. The van der Waals surface area contributed by atoms with Crippen LogP contribution in [0.3, 0.4) is 0 Å². The van der Waals surface area contributed by atoms with Gasteiger partial charge in [-0.1, -0.05) is 37.5 Å². The van der Waals surface area contributed by atoms with Crippen LogP contribution >= 0.6 is 0 Å². The zero-order chi connectivity index (χ0) is 15.0. The third-order valence-corrected chi connectivity index (χ3v) is 5.13. The van der Waals surface area contributed by atoms with Gasteiger partial charge in [0.2, 0.25) is 0 Å². The zero-order valence-corrected chi connectivity index (χ0v) is 13.8. The molecule has 22 heavy (non-hydrogen) atoms. The van der Waals surface area contributed by atoms with Gasteiger partial charge in [0.25, 0.3) is 0 Å². The van der Waals surface area contributed by atoms with E-state index in [1.807, 2.05) is 30.3 Å². The SMILES string of the molecule is c1ccc(OCCN2CCN(CC3CCCCC3)CC2)cc1. The molecule has 3 rings (SSSR count). The van der Waals surface area contributed by atoms with E-state index in [1.54, 1.807) is 0 Å². The Kier molecular flexibility index (Phi) is 6.14. The Morgan fingerprint density at radius 1 is 0.864 bits per heavy atom. The molecule has 0 radical (unpaired) electrons.